The predicted molar refractivity (Wildman–Crippen MR) is 91.1 cm³/mol. The Labute approximate surface area is 145 Å². The van der Waals surface area contributed by atoms with Crippen LogP contribution in [0.3, 0.4) is 0 Å². The lowest BCUT2D eigenvalue weighted by molar-refractivity contribution is -0.131. The van der Waals surface area contributed by atoms with Crippen LogP contribution in [-0.4, -0.2) is 28.6 Å². The van der Waals surface area contributed by atoms with Crippen molar-refractivity contribution < 1.29 is 18.7 Å². The zero-order valence-electron chi connectivity index (χ0n) is 14.3. The number of carbonyl (C=O) groups is 1. The zero-order valence-corrected chi connectivity index (χ0v) is 14.3. The van der Waals surface area contributed by atoms with Gasteiger partial charge in [-0.1, -0.05) is 23.8 Å². The van der Waals surface area contributed by atoms with Crippen LogP contribution in [0.5, 0.6) is 0 Å². The van der Waals surface area contributed by atoms with Gasteiger partial charge in [-0.15, -0.1) is 0 Å². The number of amides is 1. The van der Waals surface area contributed by atoms with E-state index in [4.69, 9.17) is 0 Å². The Morgan fingerprint density at radius 3 is 2.72 bits per heavy atom. The fourth-order valence-corrected chi connectivity index (χ4v) is 3.41. The van der Waals surface area contributed by atoms with Gasteiger partial charge in [0.05, 0.1) is 18.6 Å². The second-order valence-electron chi connectivity index (χ2n) is 6.72. The third-order valence-electron chi connectivity index (χ3n) is 4.76. The monoisotopic (exact) mass is 345 g/mol. The number of hydrogen-bond donors (Lipinski definition) is 1. The number of aliphatic hydroxyl groups excluding tert-OH is 1. The van der Waals surface area contributed by atoms with Crippen LogP contribution in [0.2, 0.25) is 0 Å². The minimum absolute atomic E-state index is 0.117. The molecule has 2 aromatic carbocycles. The van der Waals surface area contributed by atoms with E-state index >= 15 is 0 Å². The molecule has 2 atom stereocenters. The molecule has 2 unspecified atom stereocenters. The average molecular weight is 345 g/mol. The molecule has 0 bridgehead atoms. The molecule has 0 spiro atoms. The Morgan fingerprint density at radius 2 is 1.96 bits per heavy atom. The number of likely N-dealkylation sites (tertiary alicyclic amines) is 1. The van der Waals surface area contributed by atoms with Gasteiger partial charge in [-0.3, -0.25) is 4.79 Å². The van der Waals surface area contributed by atoms with Gasteiger partial charge in [0.2, 0.25) is 5.91 Å². The molecule has 1 aliphatic heterocycles. The van der Waals surface area contributed by atoms with Crippen LogP contribution in [0.15, 0.2) is 36.4 Å². The zero-order chi connectivity index (χ0) is 18.1. The van der Waals surface area contributed by atoms with Crippen molar-refractivity contribution in [3.05, 3.63) is 70.3 Å². The molecular weight excluding hydrogens is 324 g/mol. The topological polar surface area (TPSA) is 40.5 Å². The molecule has 3 rings (SSSR count). The summed E-state index contributed by atoms with van der Waals surface area (Å²) in [4.78, 5) is 14.3. The van der Waals surface area contributed by atoms with Gasteiger partial charge in [0.15, 0.2) is 0 Å². The van der Waals surface area contributed by atoms with E-state index in [1.165, 1.54) is 4.90 Å². The van der Waals surface area contributed by atoms with Gasteiger partial charge in [0.1, 0.15) is 11.6 Å². The van der Waals surface area contributed by atoms with E-state index in [0.29, 0.717) is 0 Å². The third-order valence-corrected chi connectivity index (χ3v) is 4.76. The van der Waals surface area contributed by atoms with Gasteiger partial charge in [-0.05, 0) is 49.6 Å². The first-order chi connectivity index (χ1) is 11.8. The molecule has 0 aliphatic carbocycles. The van der Waals surface area contributed by atoms with Gasteiger partial charge in [-0.25, -0.2) is 8.78 Å². The summed E-state index contributed by atoms with van der Waals surface area (Å²) >= 11 is 0. The van der Waals surface area contributed by atoms with Gasteiger partial charge < -0.3 is 10.0 Å². The maximum Gasteiger partial charge on any atom is 0.227 e. The molecule has 1 fully saturated rings. The molecule has 0 radical (unpaired) electrons. The molecule has 25 heavy (non-hydrogen) atoms. The molecule has 2 aromatic rings. The molecule has 1 amide bonds. The summed E-state index contributed by atoms with van der Waals surface area (Å²) in [6, 6.07) is 8.46. The van der Waals surface area contributed by atoms with Gasteiger partial charge in [0.25, 0.3) is 0 Å². The maximum atomic E-state index is 14.1. The number of hydrogen-bond acceptors (Lipinski definition) is 2. The number of halogens is 2. The molecule has 1 aliphatic rings. The highest BCUT2D eigenvalue weighted by Crippen LogP contribution is 2.34. The highest BCUT2D eigenvalue weighted by molar-refractivity contribution is 5.80. The Morgan fingerprint density at radius 1 is 1.20 bits per heavy atom. The lowest BCUT2D eigenvalue weighted by atomic mass is 10.0. The van der Waals surface area contributed by atoms with Crippen molar-refractivity contribution in [1.82, 2.24) is 4.90 Å². The normalized spacial score (nSPS) is 20.1. The summed E-state index contributed by atoms with van der Waals surface area (Å²) in [5.41, 5.74) is 3.09. The number of carbonyl (C=O) groups excluding carboxylic acids is 1. The minimum Gasteiger partial charge on any atom is -0.391 e. The van der Waals surface area contributed by atoms with Crippen molar-refractivity contribution in [3.8, 4) is 0 Å². The van der Waals surface area contributed by atoms with Crippen molar-refractivity contribution in [2.75, 3.05) is 6.54 Å². The molecule has 1 saturated heterocycles. The summed E-state index contributed by atoms with van der Waals surface area (Å²) in [5, 5.41) is 10.00. The number of nitrogens with zero attached hydrogens (tertiary/aromatic N) is 1. The summed E-state index contributed by atoms with van der Waals surface area (Å²) in [6.07, 6.45) is -0.359. The van der Waals surface area contributed by atoms with E-state index in [9.17, 15) is 18.7 Å². The molecule has 5 heteroatoms. The largest absolute Gasteiger partial charge is 0.391 e. The van der Waals surface area contributed by atoms with Crippen molar-refractivity contribution in [2.24, 2.45) is 0 Å². The van der Waals surface area contributed by atoms with Gasteiger partial charge >= 0.3 is 0 Å². The number of β-amino-alcohol motifs (C(OH)–C–C–N with tert-alkyl or cyclic N) is 1. The predicted octanol–water partition coefficient (Wildman–Crippen LogP) is 3.46. The third kappa shape index (κ3) is 3.71. The smallest absolute Gasteiger partial charge is 0.227 e. The minimum atomic E-state index is -0.741. The van der Waals surface area contributed by atoms with Crippen LogP contribution in [0, 0.1) is 25.5 Å². The highest BCUT2D eigenvalue weighted by Gasteiger charge is 2.36. The Hall–Kier alpha value is -2.27. The van der Waals surface area contributed by atoms with E-state index in [1.54, 1.807) is 0 Å². The van der Waals surface area contributed by atoms with Crippen molar-refractivity contribution in [3.63, 3.8) is 0 Å². The Balaban J connectivity index is 1.87. The Bertz CT molecular complexity index is 806. The standard InChI is InChI=1S/C20H21F2NO2/c1-12-3-4-13(2)14(7-12)8-20(25)23-11-16(24)10-19(23)17-9-15(21)5-6-18(17)22/h3-7,9,16,19,24H,8,10-11H2,1-2H3. The van der Waals surface area contributed by atoms with Crippen LogP contribution in [-0.2, 0) is 11.2 Å². The number of aliphatic hydroxyl groups is 1. The van der Waals surface area contributed by atoms with Crippen molar-refractivity contribution in [2.45, 2.75) is 38.8 Å². The number of aryl methyl sites for hydroxylation is 2. The molecule has 1 N–H and O–H groups in total. The highest BCUT2D eigenvalue weighted by atomic mass is 19.1. The van der Waals surface area contributed by atoms with Crippen molar-refractivity contribution in [1.29, 1.82) is 0 Å². The average Bonchev–Trinajstić information content (AvgIpc) is 2.95. The molecule has 0 saturated carbocycles. The van der Waals surface area contributed by atoms with Crippen LogP contribution < -0.4 is 0 Å². The van der Waals surface area contributed by atoms with Crippen LogP contribution in [0.4, 0.5) is 8.78 Å². The first-order valence-electron chi connectivity index (χ1n) is 8.33. The summed E-state index contributed by atoms with van der Waals surface area (Å²) in [6.45, 7) is 4.02. The van der Waals surface area contributed by atoms with E-state index in [2.05, 4.69) is 0 Å². The lowest BCUT2D eigenvalue weighted by Gasteiger charge is -2.25. The second-order valence-corrected chi connectivity index (χ2v) is 6.72. The maximum absolute atomic E-state index is 14.1. The fraction of sp³-hybridized carbons (Fsp3) is 0.350. The van der Waals surface area contributed by atoms with E-state index < -0.39 is 23.8 Å². The van der Waals surface area contributed by atoms with E-state index in [-0.39, 0.29) is 30.9 Å². The first kappa shape index (κ1) is 17.5. The number of rotatable bonds is 3. The summed E-state index contributed by atoms with van der Waals surface area (Å²) in [7, 11) is 0. The molecular formula is C20H21F2NO2. The lowest BCUT2D eigenvalue weighted by Crippen LogP contribution is -2.33. The van der Waals surface area contributed by atoms with E-state index in [1.807, 2.05) is 32.0 Å². The van der Waals surface area contributed by atoms with E-state index in [0.717, 1.165) is 34.9 Å². The second kappa shape index (κ2) is 6.92. The van der Waals surface area contributed by atoms with Crippen LogP contribution in [0.1, 0.15) is 34.7 Å². The SMILES string of the molecule is Cc1ccc(C)c(CC(=O)N2CC(O)CC2c2cc(F)ccc2F)c1. The molecule has 3 nitrogen and oxygen atoms in total. The summed E-state index contributed by atoms with van der Waals surface area (Å²) in [5.74, 6) is -1.32. The van der Waals surface area contributed by atoms with Crippen LogP contribution >= 0.6 is 0 Å². The van der Waals surface area contributed by atoms with Crippen molar-refractivity contribution >= 4 is 5.91 Å². The first-order valence-corrected chi connectivity index (χ1v) is 8.33. The molecule has 1 heterocycles. The summed E-state index contributed by atoms with van der Waals surface area (Å²) < 4.78 is 27.7. The molecule has 0 aromatic heterocycles. The van der Waals surface area contributed by atoms with Crippen LogP contribution in [0.25, 0.3) is 0 Å². The quantitative estimate of drug-likeness (QED) is 0.925. The fourth-order valence-electron chi connectivity index (χ4n) is 3.41. The van der Waals surface area contributed by atoms with Gasteiger partial charge in [0, 0.05) is 12.1 Å². The number of benzene rings is 2. The molecule has 132 valence electrons. The Kier molecular flexibility index (Phi) is 4.86. The van der Waals surface area contributed by atoms with Gasteiger partial charge in [-0.2, -0.15) is 0 Å².